The van der Waals surface area contributed by atoms with Crippen LogP contribution >= 0.6 is 0 Å². The molecule has 0 spiro atoms. The Hall–Kier alpha value is -1.57. The maximum Gasteiger partial charge on any atom is 0.165 e. The predicted molar refractivity (Wildman–Crippen MR) is 125 cm³/mol. The van der Waals surface area contributed by atoms with Gasteiger partial charge in [-0.3, -0.25) is 4.79 Å². The molecule has 30 heavy (non-hydrogen) atoms. The number of fused-ring (bicyclic) bond motifs is 5. The van der Waals surface area contributed by atoms with Crippen molar-refractivity contribution < 1.29 is 4.79 Å². The van der Waals surface area contributed by atoms with Crippen molar-refractivity contribution >= 4 is 17.5 Å². The molecule has 4 saturated carbocycles. The number of benzene rings is 1. The van der Waals surface area contributed by atoms with E-state index in [1.165, 1.54) is 56.2 Å². The van der Waals surface area contributed by atoms with Gasteiger partial charge in [-0.05, 0) is 103 Å². The molecule has 4 aliphatic rings. The average molecular weight is 406 g/mol. The van der Waals surface area contributed by atoms with E-state index in [1.54, 1.807) is 0 Å². The van der Waals surface area contributed by atoms with Crippen LogP contribution in [0.4, 0.5) is 5.69 Å². The summed E-state index contributed by atoms with van der Waals surface area (Å²) in [5.74, 6) is 3.57. The lowest BCUT2D eigenvalue weighted by atomic mass is 9.45. The Kier molecular flexibility index (Phi) is 4.91. The Morgan fingerprint density at radius 2 is 1.70 bits per heavy atom. The van der Waals surface area contributed by atoms with E-state index in [9.17, 15) is 4.79 Å². The molecule has 0 unspecified atom stereocenters. The van der Waals surface area contributed by atoms with Crippen molar-refractivity contribution in [2.24, 2.45) is 34.5 Å². The molecule has 1 aromatic rings. The molecular formula is C28H39NO. The molecule has 2 heteroatoms. The van der Waals surface area contributed by atoms with E-state index >= 15 is 0 Å². The van der Waals surface area contributed by atoms with Gasteiger partial charge in [0, 0.05) is 25.2 Å². The van der Waals surface area contributed by atoms with Crippen molar-refractivity contribution in [1.82, 2.24) is 0 Å². The number of carbonyl (C=O) groups is 1. The van der Waals surface area contributed by atoms with Gasteiger partial charge in [-0.25, -0.2) is 0 Å². The normalized spacial score (nSPS) is 41.9. The van der Waals surface area contributed by atoms with Crippen molar-refractivity contribution in [2.75, 3.05) is 19.0 Å². The lowest BCUT2D eigenvalue weighted by molar-refractivity contribution is -0.137. The largest absolute Gasteiger partial charge is 0.378 e. The second-order valence-electron chi connectivity index (χ2n) is 11.5. The van der Waals surface area contributed by atoms with E-state index < -0.39 is 0 Å². The fourth-order valence-electron chi connectivity index (χ4n) is 8.16. The lowest BCUT2D eigenvalue weighted by Crippen LogP contribution is -2.52. The Bertz CT molecular complexity index is 852. The van der Waals surface area contributed by atoms with Crippen LogP contribution in [-0.4, -0.2) is 19.9 Å². The maximum absolute atomic E-state index is 13.6. The highest BCUT2D eigenvalue weighted by molar-refractivity contribution is 6.06. The zero-order valence-corrected chi connectivity index (χ0v) is 19.4. The van der Waals surface area contributed by atoms with Gasteiger partial charge in [0.15, 0.2) is 5.78 Å². The lowest BCUT2D eigenvalue weighted by Gasteiger charge is -2.59. The number of hydrogen-bond acceptors (Lipinski definition) is 2. The maximum atomic E-state index is 13.6. The summed E-state index contributed by atoms with van der Waals surface area (Å²) in [7, 11) is 4.13. The number of ketones is 1. The molecule has 0 heterocycles. The molecule has 0 N–H and O–H groups in total. The molecule has 162 valence electrons. The van der Waals surface area contributed by atoms with Crippen LogP contribution in [0.15, 0.2) is 29.8 Å². The van der Waals surface area contributed by atoms with E-state index in [0.29, 0.717) is 17.1 Å². The van der Waals surface area contributed by atoms with Crippen molar-refractivity contribution in [3.05, 3.63) is 35.4 Å². The van der Waals surface area contributed by atoms with Crippen LogP contribution in [0.5, 0.6) is 0 Å². The first-order chi connectivity index (χ1) is 14.3. The number of rotatable bonds is 2. The molecule has 0 aliphatic heterocycles. The molecule has 2 nitrogen and oxygen atoms in total. The van der Waals surface area contributed by atoms with Crippen molar-refractivity contribution in [2.45, 2.75) is 71.6 Å². The van der Waals surface area contributed by atoms with Crippen molar-refractivity contribution in [3.63, 3.8) is 0 Å². The minimum Gasteiger partial charge on any atom is -0.378 e. The standard InChI is InChI=1S/C28H39NO/c1-27-15-6-5-7-21(27)10-13-23-24(27)14-16-28(2)25(23)18-20(26(28)30)17-19-8-11-22(12-9-19)29(3)4/h8-9,11-12,17,21,23-25H,5-7,10,13-16,18H2,1-4H3/b20-17-/t21-,23+,24-,25-,27+,28-/m1/s1. The van der Waals surface area contributed by atoms with E-state index in [1.807, 2.05) is 0 Å². The number of nitrogens with zero attached hydrogens (tertiary/aromatic N) is 1. The third kappa shape index (κ3) is 3.00. The van der Waals surface area contributed by atoms with Crippen molar-refractivity contribution in [1.29, 1.82) is 0 Å². The van der Waals surface area contributed by atoms with Gasteiger partial charge in [0.2, 0.25) is 0 Å². The molecule has 4 aliphatic carbocycles. The second-order valence-corrected chi connectivity index (χ2v) is 11.5. The Balaban J connectivity index is 1.42. The van der Waals surface area contributed by atoms with Gasteiger partial charge in [0.1, 0.15) is 0 Å². The molecule has 0 bridgehead atoms. The van der Waals surface area contributed by atoms with Gasteiger partial charge < -0.3 is 4.90 Å². The Morgan fingerprint density at radius 3 is 2.43 bits per heavy atom. The molecule has 1 aromatic carbocycles. The highest BCUT2D eigenvalue weighted by atomic mass is 16.1. The van der Waals surface area contributed by atoms with E-state index in [2.05, 4.69) is 63.2 Å². The van der Waals surface area contributed by atoms with Gasteiger partial charge in [-0.15, -0.1) is 0 Å². The summed E-state index contributed by atoms with van der Waals surface area (Å²) in [6.45, 7) is 4.93. The molecule has 0 amide bonds. The SMILES string of the molecule is CN(C)c1ccc(/C=C2/C[C@@H]3[C@H]4CC[C@H]5CCCC[C@]5(C)[C@@H]4CC[C@@]3(C)C2=O)cc1. The summed E-state index contributed by atoms with van der Waals surface area (Å²) in [5, 5.41) is 0. The van der Waals surface area contributed by atoms with Crippen LogP contribution in [0.25, 0.3) is 6.08 Å². The number of allylic oxidation sites excluding steroid dienone is 1. The fourth-order valence-corrected chi connectivity index (χ4v) is 8.16. The predicted octanol–water partition coefficient (Wildman–Crippen LogP) is 6.75. The first-order valence-corrected chi connectivity index (χ1v) is 12.4. The van der Waals surface area contributed by atoms with Crippen LogP contribution < -0.4 is 4.90 Å². The van der Waals surface area contributed by atoms with E-state index in [0.717, 1.165) is 36.2 Å². The zero-order chi connectivity index (χ0) is 21.1. The topological polar surface area (TPSA) is 20.3 Å². The van der Waals surface area contributed by atoms with Crippen LogP contribution in [-0.2, 0) is 4.79 Å². The first-order valence-electron chi connectivity index (χ1n) is 12.4. The molecule has 0 radical (unpaired) electrons. The minimum atomic E-state index is -0.117. The Morgan fingerprint density at radius 1 is 0.933 bits per heavy atom. The zero-order valence-electron chi connectivity index (χ0n) is 19.4. The van der Waals surface area contributed by atoms with Crippen molar-refractivity contribution in [3.8, 4) is 0 Å². The van der Waals surface area contributed by atoms with Gasteiger partial charge in [0.05, 0.1) is 0 Å². The summed E-state index contributed by atoms with van der Waals surface area (Å²) >= 11 is 0. The van der Waals surface area contributed by atoms with Crippen LogP contribution in [0.1, 0.15) is 77.2 Å². The molecule has 0 aromatic heterocycles. The third-order valence-electron chi connectivity index (χ3n) is 9.97. The number of Topliss-reactive ketones (excluding diaryl/α,β-unsaturated/α-hetero) is 1. The van der Waals surface area contributed by atoms with Gasteiger partial charge >= 0.3 is 0 Å². The minimum absolute atomic E-state index is 0.117. The molecule has 6 atom stereocenters. The molecule has 5 rings (SSSR count). The van der Waals surface area contributed by atoms with Crippen LogP contribution in [0.2, 0.25) is 0 Å². The van der Waals surface area contributed by atoms with E-state index in [-0.39, 0.29) is 5.41 Å². The summed E-state index contributed by atoms with van der Waals surface area (Å²) in [6.07, 6.45) is 14.1. The molecular weight excluding hydrogens is 366 g/mol. The first kappa shape index (κ1) is 20.3. The summed E-state index contributed by atoms with van der Waals surface area (Å²) in [6, 6.07) is 8.64. The quantitative estimate of drug-likeness (QED) is 0.507. The highest BCUT2D eigenvalue weighted by Crippen LogP contribution is 2.66. The van der Waals surface area contributed by atoms with Crippen LogP contribution in [0, 0.1) is 34.5 Å². The average Bonchev–Trinajstić information content (AvgIpc) is 2.98. The monoisotopic (exact) mass is 405 g/mol. The summed E-state index contributed by atoms with van der Waals surface area (Å²) < 4.78 is 0. The summed E-state index contributed by atoms with van der Waals surface area (Å²) in [5.41, 5.74) is 3.90. The molecule has 0 saturated heterocycles. The second kappa shape index (κ2) is 7.24. The number of anilines is 1. The number of hydrogen-bond donors (Lipinski definition) is 0. The van der Waals surface area contributed by atoms with E-state index in [4.69, 9.17) is 0 Å². The van der Waals surface area contributed by atoms with Gasteiger partial charge in [-0.2, -0.15) is 0 Å². The molecule has 4 fully saturated rings. The highest BCUT2D eigenvalue weighted by Gasteiger charge is 2.60. The third-order valence-corrected chi connectivity index (χ3v) is 9.97. The summed E-state index contributed by atoms with van der Waals surface area (Å²) in [4.78, 5) is 15.7. The van der Waals surface area contributed by atoms with Gasteiger partial charge in [0.25, 0.3) is 0 Å². The Labute approximate surface area is 183 Å². The fraction of sp³-hybridized carbons (Fsp3) is 0.679. The number of carbonyl (C=O) groups excluding carboxylic acids is 1. The smallest absolute Gasteiger partial charge is 0.165 e. The van der Waals surface area contributed by atoms with Gasteiger partial charge in [-0.1, -0.05) is 38.8 Å². The van der Waals surface area contributed by atoms with Crippen LogP contribution in [0.3, 0.4) is 0 Å².